The molecule has 6 aliphatic rings. The highest BCUT2D eigenvalue weighted by Crippen LogP contribution is 2.52. The number of Topliss-reactive ketones (excluding diaryl/α,β-unsaturated/α-hetero) is 2. The van der Waals surface area contributed by atoms with Crippen LogP contribution in [-0.2, 0) is 41.4 Å². The van der Waals surface area contributed by atoms with Crippen molar-refractivity contribution in [1.82, 2.24) is 4.90 Å². The Morgan fingerprint density at radius 2 is 1.40 bits per heavy atom. The van der Waals surface area contributed by atoms with Crippen LogP contribution in [0, 0.1) is 17.3 Å². The van der Waals surface area contributed by atoms with Gasteiger partial charge in [0.1, 0.15) is 17.2 Å². The second kappa shape index (κ2) is 14.2. The van der Waals surface area contributed by atoms with E-state index in [9.17, 15) is 28.8 Å². The average Bonchev–Trinajstić information content (AvgIpc) is 3.81. The molecule has 2 aromatic carbocycles. The van der Waals surface area contributed by atoms with E-state index in [0.29, 0.717) is 24.0 Å². The first-order valence-electron chi connectivity index (χ1n) is 20.4. The van der Waals surface area contributed by atoms with Gasteiger partial charge < -0.3 is 18.9 Å². The molecule has 57 heavy (non-hydrogen) atoms. The molecule has 8 rings (SSSR count). The molecule has 0 radical (unpaired) electrons. The van der Waals surface area contributed by atoms with Crippen molar-refractivity contribution in [3.05, 3.63) is 58.7 Å². The molecule has 4 aliphatic carbocycles. The fourth-order valence-electron chi connectivity index (χ4n) is 9.67. The second-order valence-electron chi connectivity index (χ2n) is 19.0. The standard InChI is InChI=1S/C45H53N2O10/c1-43(2,3)56-41(52)46-33-17-27(33)19-35(46)39(50)54-23-37(48)26-11-9-25(10-12-26)29-13-14-30(32-22-45(21-31(29)32)15-7-8-16-45)38(49)24-55-40(51)36-20-28-18-34(28)47(36)42(53)57-44(4,5)6/h9-14,27-28,34-36H,7-8,15-24H2,1-6H3/q+1. The molecule has 0 N–H and O–H groups in total. The zero-order chi connectivity index (χ0) is 40.6. The molecule has 2 amide bonds. The van der Waals surface area contributed by atoms with E-state index in [1.54, 1.807) is 53.7 Å². The molecular weight excluding hydrogens is 728 g/mol. The third kappa shape index (κ3) is 7.88. The Hall–Kier alpha value is -4.87. The summed E-state index contributed by atoms with van der Waals surface area (Å²) in [5.74, 6) is -1.42. The predicted octanol–water partition coefficient (Wildman–Crippen LogP) is 7.04. The van der Waals surface area contributed by atoms with Crippen LogP contribution in [0.3, 0.4) is 0 Å². The van der Waals surface area contributed by atoms with Crippen molar-refractivity contribution in [3.8, 4) is 11.1 Å². The zero-order valence-electron chi connectivity index (χ0n) is 33.8. The van der Waals surface area contributed by atoms with Gasteiger partial charge in [-0.3, -0.25) is 14.5 Å². The highest BCUT2D eigenvalue weighted by atomic mass is 16.6. The SMILES string of the molecule is CC(C)(C)OC(=O)N1C(C(=O)OCC(=O)c2ccc(-c3ccc(C(=O)COC(=O)C4CC5CC5=[N+]4C(=O)OC(C)(C)C)cc3)c3c2CC2(CCCC2)C3)CC2CC21. The molecule has 2 aliphatic heterocycles. The van der Waals surface area contributed by atoms with Gasteiger partial charge in [-0.1, -0.05) is 49.2 Å². The van der Waals surface area contributed by atoms with Crippen LogP contribution in [0.4, 0.5) is 9.59 Å². The van der Waals surface area contributed by atoms with E-state index in [1.165, 1.54) is 9.48 Å². The third-order valence-electron chi connectivity index (χ3n) is 12.4. The summed E-state index contributed by atoms with van der Waals surface area (Å²) in [6.07, 6.45) is 7.53. The third-order valence-corrected chi connectivity index (χ3v) is 12.4. The summed E-state index contributed by atoms with van der Waals surface area (Å²) in [5.41, 5.74) is 4.49. The second-order valence-corrected chi connectivity index (χ2v) is 19.0. The summed E-state index contributed by atoms with van der Waals surface area (Å²) in [4.78, 5) is 80.7. The predicted molar refractivity (Wildman–Crippen MR) is 207 cm³/mol. The fraction of sp³-hybridized carbons (Fsp3) is 0.578. The van der Waals surface area contributed by atoms with Crippen LogP contribution in [0.15, 0.2) is 36.4 Å². The Labute approximate surface area is 333 Å². The lowest BCUT2D eigenvalue weighted by Crippen LogP contribution is -2.46. The van der Waals surface area contributed by atoms with Crippen LogP contribution >= 0.6 is 0 Å². The first-order chi connectivity index (χ1) is 26.9. The van der Waals surface area contributed by atoms with Gasteiger partial charge in [0.25, 0.3) is 6.04 Å². The van der Waals surface area contributed by atoms with Crippen LogP contribution in [0.2, 0.25) is 0 Å². The molecule has 3 saturated carbocycles. The first kappa shape index (κ1) is 39.0. The minimum absolute atomic E-state index is 0.0267. The monoisotopic (exact) mass is 781 g/mol. The van der Waals surface area contributed by atoms with Crippen LogP contribution in [0.25, 0.3) is 11.1 Å². The summed E-state index contributed by atoms with van der Waals surface area (Å²) in [6, 6.07) is 9.36. The molecule has 0 bridgehead atoms. The largest absolute Gasteiger partial charge is 0.597 e. The van der Waals surface area contributed by atoms with Crippen molar-refractivity contribution in [2.75, 3.05) is 13.2 Å². The lowest BCUT2D eigenvalue weighted by Gasteiger charge is -2.29. The topological polar surface area (TPSA) is 146 Å². The van der Waals surface area contributed by atoms with E-state index in [4.69, 9.17) is 18.9 Å². The molecule has 12 heteroatoms. The number of carbonyl (C=O) groups is 6. The van der Waals surface area contributed by atoms with Crippen LogP contribution < -0.4 is 0 Å². The van der Waals surface area contributed by atoms with Crippen molar-refractivity contribution < 1.29 is 52.3 Å². The summed E-state index contributed by atoms with van der Waals surface area (Å²) in [5, 5.41) is 0. The van der Waals surface area contributed by atoms with Crippen molar-refractivity contribution in [2.45, 2.75) is 135 Å². The van der Waals surface area contributed by atoms with E-state index in [1.807, 2.05) is 24.3 Å². The molecule has 5 atom stereocenters. The van der Waals surface area contributed by atoms with Crippen LogP contribution in [0.5, 0.6) is 0 Å². The normalized spacial score (nSPS) is 25.1. The van der Waals surface area contributed by atoms with Gasteiger partial charge in [-0.2, -0.15) is 4.79 Å². The van der Waals surface area contributed by atoms with Gasteiger partial charge in [0, 0.05) is 30.0 Å². The van der Waals surface area contributed by atoms with Gasteiger partial charge in [-0.25, -0.2) is 14.4 Å². The number of piperidine rings is 1. The highest BCUT2D eigenvalue weighted by molar-refractivity contribution is 6.03. The Morgan fingerprint density at radius 1 is 0.754 bits per heavy atom. The Morgan fingerprint density at radius 3 is 2.09 bits per heavy atom. The summed E-state index contributed by atoms with van der Waals surface area (Å²) < 4.78 is 23.6. The number of hydrogen-bond donors (Lipinski definition) is 0. The number of esters is 2. The summed E-state index contributed by atoms with van der Waals surface area (Å²) in [6.45, 7) is 9.82. The highest BCUT2D eigenvalue weighted by Gasteiger charge is 2.60. The lowest BCUT2D eigenvalue weighted by atomic mass is 9.82. The molecule has 2 aromatic rings. The van der Waals surface area contributed by atoms with E-state index < -0.39 is 60.6 Å². The van der Waals surface area contributed by atoms with Crippen LogP contribution in [0.1, 0.15) is 125 Å². The number of benzene rings is 2. The number of carbonyl (C=O) groups excluding carboxylic acids is 6. The van der Waals surface area contributed by atoms with Gasteiger partial charge in [-0.15, -0.1) is 4.58 Å². The number of ether oxygens (including phenoxy) is 4. The smallest absolute Gasteiger partial charge is 0.456 e. The molecule has 2 heterocycles. The molecule has 302 valence electrons. The molecule has 12 nitrogen and oxygen atoms in total. The molecular formula is C45H53N2O10+. The van der Waals surface area contributed by atoms with Crippen molar-refractivity contribution in [3.63, 3.8) is 0 Å². The average molecular weight is 782 g/mol. The van der Waals surface area contributed by atoms with E-state index in [2.05, 4.69) is 0 Å². The number of likely N-dealkylation sites (tertiary alicyclic amines) is 1. The molecule has 1 spiro atoms. The number of ketones is 2. The maximum absolute atomic E-state index is 13.8. The number of fused-ring (bicyclic) bond motifs is 3. The molecule has 4 fully saturated rings. The lowest BCUT2D eigenvalue weighted by molar-refractivity contribution is -0.473. The van der Waals surface area contributed by atoms with Gasteiger partial charge in [-0.05, 0) is 114 Å². The van der Waals surface area contributed by atoms with Gasteiger partial charge >= 0.3 is 24.1 Å². The Balaban J connectivity index is 0.930. The zero-order valence-corrected chi connectivity index (χ0v) is 33.8. The maximum atomic E-state index is 13.8. The van der Waals surface area contributed by atoms with Crippen LogP contribution in [-0.4, -0.2) is 93.4 Å². The molecule has 0 aromatic heterocycles. The van der Waals surface area contributed by atoms with Crippen molar-refractivity contribution in [1.29, 1.82) is 0 Å². The Kier molecular flexibility index (Phi) is 9.71. The number of amides is 2. The summed E-state index contributed by atoms with van der Waals surface area (Å²) >= 11 is 0. The molecule has 5 unspecified atom stereocenters. The van der Waals surface area contributed by atoms with Crippen molar-refractivity contribution >= 4 is 41.4 Å². The van der Waals surface area contributed by atoms with Gasteiger partial charge in [0.05, 0.1) is 5.92 Å². The van der Waals surface area contributed by atoms with Crippen molar-refractivity contribution in [2.24, 2.45) is 17.3 Å². The van der Waals surface area contributed by atoms with E-state index in [0.717, 1.165) is 79.3 Å². The number of hydrogen-bond acceptors (Lipinski definition) is 10. The van der Waals surface area contributed by atoms with E-state index >= 15 is 0 Å². The minimum Gasteiger partial charge on any atom is -0.456 e. The minimum atomic E-state index is -0.803. The van der Waals surface area contributed by atoms with E-state index in [-0.39, 0.29) is 34.9 Å². The maximum Gasteiger partial charge on any atom is 0.597 e. The molecule has 1 saturated heterocycles. The number of nitrogens with zero attached hydrogens (tertiary/aromatic N) is 2. The quantitative estimate of drug-likeness (QED) is 0.112. The fourth-order valence-corrected chi connectivity index (χ4v) is 9.67. The number of rotatable bonds is 9. The Bertz CT molecular complexity index is 2080. The van der Waals surface area contributed by atoms with Gasteiger partial charge in [0.2, 0.25) is 5.78 Å². The first-order valence-corrected chi connectivity index (χ1v) is 20.4. The summed E-state index contributed by atoms with van der Waals surface area (Å²) in [7, 11) is 0. The van der Waals surface area contributed by atoms with Gasteiger partial charge in [0.15, 0.2) is 24.7 Å².